The van der Waals surface area contributed by atoms with Crippen molar-refractivity contribution in [1.82, 2.24) is 5.32 Å². The zero-order valence-electron chi connectivity index (χ0n) is 13.9. The number of aryl methyl sites for hydroxylation is 1. The lowest BCUT2D eigenvalue weighted by Crippen LogP contribution is -2.41. The summed E-state index contributed by atoms with van der Waals surface area (Å²) in [5.41, 5.74) is 7.60. The van der Waals surface area contributed by atoms with Crippen molar-refractivity contribution >= 4 is 17.6 Å². The van der Waals surface area contributed by atoms with E-state index in [4.69, 9.17) is 10.5 Å². The van der Waals surface area contributed by atoms with Crippen molar-refractivity contribution in [2.75, 3.05) is 5.73 Å². The number of benzene rings is 1. The molecular formula is C18H26N2O3. The van der Waals surface area contributed by atoms with Crippen LogP contribution in [-0.4, -0.2) is 24.0 Å². The molecule has 0 spiro atoms. The van der Waals surface area contributed by atoms with E-state index >= 15 is 0 Å². The molecular weight excluding hydrogens is 292 g/mol. The van der Waals surface area contributed by atoms with Gasteiger partial charge in [0.05, 0.1) is 5.56 Å². The molecule has 2 rings (SSSR count). The molecule has 1 aromatic carbocycles. The SMILES string of the molecule is Cc1ccc(C(=O)O[C@H](C)C(=O)NC2CCCCCC2)cc1N. The van der Waals surface area contributed by atoms with Crippen LogP contribution in [-0.2, 0) is 9.53 Å². The van der Waals surface area contributed by atoms with E-state index in [-0.39, 0.29) is 11.9 Å². The fourth-order valence-corrected chi connectivity index (χ4v) is 2.79. The van der Waals surface area contributed by atoms with Crippen molar-refractivity contribution in [1.29, 1.82) is 0 Å². The van der Waals surface area contributed by atoms with Crippen molar-refractivity contribution in [3.8, 4) is 0 Å². The van der Waals surface area contributed by atoms with Crippen LogP contribution in [0.2, 0.25) is 0 Å². The van der Waals surface area contributed by atoms with Crippen LogP contribution in [0, 0.1) is 6.92 Å². The summed E-state index contributed by atoms with van der Waals surface area (Å²) in [6, 6.07) is 5.20. The van der Waals surface area contributed by atoms with E-state index in [1.807, 2.05) is 6.92 Å². The Kier molecular flexibility index (Phi) is 6.02. The van der Waals surface area contributed by atoms with Crippen molar-refractivity contribution in [3.05, 3.63) is 29.3 Å². The Bertz CT molecular complexity index is 563. The summed E-state index contributed by atoms with van der Waals surface area (Å²) >= 11 is 0. The number of hydrogen-bond donors (Lipinski definition) is 2. The molecule has 5 nitrogen and oxygen atoms in total. The highest BCUT2D eigenvalue weighted by atomic mass is 16.5. The van der Waals surface area contributed by atoms with Gasteiger partial charge < -0.3 is 15.8 Å². The van der Waals surface area contributed by atoms with Gasteiger partial charge in [0, 0.05) is 11.7 Å². The molecule has 0 bridgehead atoms. The van der Waals surface area contributed by atoms with E-state index in [1.54, 1.807) is 25.1 Å². The van der Waals surface area contributed by atoms with Gasteiger partial charge in [-0.05, 0) is 44.4 Å². The average Bonchev–Trinajstić information content (AvgIpc) is 2.78. The number of anilines is 1. The highest BCUT2D eigenvalue weighted by Gasteiger charge is 2.22. The van der Waals surface area contributed by atoms with Gasteiger partial charge in [-0.1, -0.05) is 31.7 Å². The van der Waals surface area contributed by atoms with Crippen molar-refractivity contribution < 1.29 is 14.3 Å². The molecule has 1 amide bonds. The third-order valence-corrected chi connectivity index (χ3v) is 4.37. The molecule has 3 N–H and O–H groups in total. The third-order valence-electron chi connectivity index (χ3n) is 4.37. The second kappa shape index (κ2) is 7.99. The van der Waals surface area contributed by atoms with Gasteiger partial charge in [-0.2, -0.15) is 0 Å². The molecule has 0 aliphatic heterocycles. The summed E-state index contributed by atoms with van der Waals surface area (Å²) in [7, 11) is 0. The first-order chi connectivity index (χ1) is 11.0. The molecule has 1 saturated carbocycles. The Morgan fingerprint density at radius 1 is 1.22 bits per heavy atom. The van der Waals surface area contributed by atoms with Crippen LogP contribution < -0.4 is 11.1 Å². The van der Waals surface area contributed by atoms with E-state index in [2.05, 4.69) is 5.32 Å². The Balaban J connectivity index is 1.89. The van der Waals surface area contributed by atoms with Crippen LogP contribution in [0.4, 0.5) is 5.69 Å². The minimum atomic E-state index is -0.812. The van der Waals surface area contributed by atoms with Crippen LogP contribution in [0.1, 0.15) is 61.4 Å². The molecule has 0 radical (unpaired) electrons. The first-order valence-electron chi connectivity index (χ1n) is 8.35. The van der Waals surface area contributed by atoms with Crippen LogP contribution >= 0.6 is 0 Å². The minimum Gasteiger partial charge on any atom is -0.449 e. The summed E-state index contributed by atoms with van der Waals surface area (Å²) < 4.78 is 5.26. The highest BCUT2D eigenvalue weighted by Crippen LogP contribution is 2.18. The van der Waals surface area contributed by atoms with Crippen LogP contribution in [0.5, 0.6) is 0 Å². The Morgan fingerprint density at radius 3 is 2.48 bits per heavy atom. The molecule has 0 heterocycles. The first kappa shape index (κ1) is 17.3. The molecule has 5 heteroatoms. The number of carbonyl (C=O) groups excluding carboxylic acids is 2. The van der Waals surface area contributed by atoms with Gasteiger partial charge in [-0.3, -0.25) is 4.79 Å². The Hall–Kier alpha value is -2.04. The van der Waals surface area contributed by atoms with E-state index in [0.29, 0.717) is 11.3 Å². The largest absolute Gasteiger partial charge is 0.449 e. The molecule has 1 atom stereocenters. The molecule has 23 heavy (non-hydrogen) atoms. The molecule has 1 aromatic rings. The molecule has 0 aromatic heterocycles. The first-order valence-corrected chi connectivity index (χ1v) is 8.35. The van der Waals surface area contributed by atoms with E-state index in [9.17, 15) is 9.59 Å². The van der Waals surface area contributed by atoms with Gasteiger partial charge in [0.1, 0.15) is 0 Å². The quantitative estimate of drug-likeness (QED) is 0.508. The minimum absolute atomic E-state index is 0.196. The second-order valence-corrected chi connectivity index (χ2v) is 6.32. The lowest BCUT2D eigenvalue weighted by molar-refractivity contribution is -0.129. The van der Waals surface area contributed by atoms with Crippen LogP contribution in [0.15, 0.2) is 18.2 Å². The lowest BCUT2D eigenvalue weighted by Gasteiger charge is -2.19. The van der Waals surface area contributed by atoms with Crippen LogP contribution in [0.3, 0.4) is 0 Å². The molecule has 0 saturated heterocycles. The second-order valence-electron chi connectivity index (χ2n) is 6.32. The maximum absolute atomic E-state index is 12.2. The summed E-state index contributed by atoms with van der Waals surface area (Å²) in [5, 5.41) is 3.00. The van der Waals surface area contributed by atoms with Crippen molar-refractivity contribution in [2.24, 2.45) is 0 Å². The van der Waals surface area contributed by atoms with Crippen molar-refractivity contribution in [3.63, 3.8) is 0 Å². The summed E-state index contributed by atoms with van der Waals surface area (Å²) in [6.07, 6.45) is 5.93. The fraction of sp³-hybridized carbons (Fsp3) is 0.556. The normalized spacial score (nSPS) is 17.1. The van der Waals surface area contributed by atoms with Gasteiger partial charge in [0.25, 0.3) is 5.91 Å². The average molecular weight is 318 g/mol. The molecule has 0 unspecified atom stereocenters. The number of ether oxygens (including phenoxy) is 1. The Labute approximate surface area is 137 Å². The number of rotatable bonds is 4. The monoisotopic (exact) mass is 318 g/mol. The summed E-state index contributed by atoms with van der Waals surface area (Å²) in [6.45, 7) is 3.47. The number of amides is 1. The number of esters is 1. The van der Waals surface area contributed by atoms with Crippen molar-refractivity contribution in [2.45, 2.75) is 64.5 Å². The molecule has 1 aliphatic carbocycles. The summed E-state index contributed by atoms with van der Waals surface area (Å²) in [4.78, 5) is 24.3. The van der Waals surface area contributed by atoms with E-state index < -0.39 is 12.1 Å². The number of nitrogen functional groups attached to an aromatic ring is 1. The Morgan fingerprint density at radius 2 is 1.87 bits per heavy atom. The predicted molar refractivity (Wildman–Crippen MR) is 90.1 cm³/mol. The zero-order chi connectivity index (χ0) is 16.8. The van der Waals surface area contributed by atoms with Gasteiger partial charge in [0.15, 0.2) is 6.10 Å². The summed E-state index contributed by atoms with van der Waals surface area (Å²) in [5.74, 6) is -0.759. The number of nitrogens with two attached hydrogens (primary N) is 1. The number of hydrogen-bond acceptors (Lipinski definition) is 4. The topological polar surface area (TPSA) is 81.4 Å². The number of carbonyl (C=O) groups is 2. The van der Waals surface area contributed by atoms with E-state index in [0.717, 1.165) is 31.2 Å². The number of nitrogens with one attached hydrogen (secondary N) is 1. The van der Waals surface area contributed by atoms with Gasteiger partial charge in [-0.25, -0.2) is 4.79 Å². The van der Waals surface area contributed by atoms with E-state index in [1.165, 1.54) is 12.8 Å². The smallest absolute Gasteiger partial charge is 0.338 e. The maximum atomic E-state index is 12.2. The zero-order valence-corrected chi connectivity index (χ0v) is 13.9. The lowest BCUT2D eigenvalue weighted by atomic mass is 10.1. The van der Waals surface area contributed by atoms with Gasteiger partial charge in [-0.15, -0.1) is 0 Å². The maximum Gasteiger partial charge on any atom is 0.338 e. The molecule has 126 valence electrons. The third kappa shape index (κ3) is 4.98. The molecule has 1 fully saturated rings. The predicted octanol–water partition coefficient (Wildman–Crippen LogP) is 2.96. The van der Waals surface area contributed by atoms with Crippen LogP contribution in [0.25, 0.3) is 0 Å². The van der Waals surface area contributed by atoms with Gasteiger partial charge >= 0.3 is 5.97 Å². The fourth-order valence-electron chi connectivity index (χ4n) is 2.79. The highest BCUT2D eigenvalue weighted by molar-refractivity contribution is 5.93. The van der Waals surface area contributed by atoms with Gasteiger partial charge in [0.2, 0.25) is 0 Å². The standard InChI is InChI=1S/C18H26N2O3/c1-12-9-10-14(11-16(12)19)18(22)23-13(2)17(21)20-15-7-5-3-4-6-8-15/h9-11,13,15H,3-8,19H2,1-2H3,(H,20,21)/t13-/m1/s1. The molecule has 1 aliphatic rings.